The fourth-order valence-electron chi connectivity index (χ4n) is 3.84. The van der Waals surface area contributed by atoms with Crippen LogP contribution in [0, 0.1) is 6.92 Å². The van der Waals surface area contributed by atoms with Gasteiger partial charge in [0.15, 0.2) is 5.60 Å². The molecule has 1 aliphatic heterocycles. The van der Waals surface area contributed by atoms with Crippen LogP contribution in [-0.4, -0.2) is 46.9 Å². The lowest BCUT2D eigenvalue weighted by molar-refractivity contribution is -0.209. The Morgan fingerprint density at radius 1 is 1.12 bits per heavy atom. The molecule has 0 aromatic heterocycles. The number of rotatable bonds is 6. The van der Waals surface area contributed by atoms with Gasteiger partial charge in [0.1, 0.15) is 5.75 Å². The molecule has 6 nitrogen and oxygen atoms in total. The number of carbonyl (C=O) groups excluding carboxylic acids is 1. The number of hydrogen-bond donors (Lipinski definition) is 1. The summed E-state index contributed by atoms with van der Waals surface area (Å²) < 4.78 is 51.4. The monoisotopic (exact) mass is 479 g/mol. The van der Waals surface area contributed by atoms with Crippen LogP contribution in [0.4, 0.5) is 18.0 Å². The number of carboxylic acids is 1. The van der Waals surface area contributed by atoms with E-state index in [2.05, 4.69) is 0 Å². The van der Waals surface area contributed by atoms with Crippen LogP contribution in [0.1, 0.15) is 55.4 Å². The highest BCUT2D eigenvalue weighted by molar-refractivity contribution is 5.76. The molecule has 0 aliphatic carbocycles. The summed E-state index contributed by atoms with van der Waals surface area (Å²) in [5, 5.41) is 9.36. The Kier molecular flexibility index (Phi) is 7.43. The van der Waals surface area contributed by atoms with Gasteiger partial charge in [-0.25, -0.2) is 9.59 Å². The molecule has 0 saturated carbocycles. The second-order valence-electron chi connectivity index (χ2n) is 8.94. The molecule has 1 N–H and O–H groups in total. The van der Waals surface area contributed by atoms with Crippen molar-refractivity contribution in [1.29, 1.82) is 0 Å². The SMILES string of the molecule is Cc1ccc(C2CCCN(C(=O)OC(c3ccccc3)C(F)(F)F)C2)cc1OC(C)(C)C(=O)O. The van der Waals surface area contributed by atoms with Crippen molar-refractivity contribution >= 4 is 12.1 Å². The number of carboxylic acid groups (broad SMARTS) is 1. The first-order valence-corrected chi connectivity index (χ1v) is 11.0. The zero-order valence-corrected chi connectivity index (χ0v) is 19.3. The molecule has 0 bridgehead atoms. The molecule has 2 aromatic rings. The minimum Gasteiger partial charge on any atom is -0.478 e. The fraction of sp³-hybridized carbons (Fsp3) is 0.440. The van der Waals surface area contributed by atoms with Gasteiger partial charge in [-0.05, 0) is 50.8 Å². The molecular formula is C25H28F3NO5. The molecule has 1 saturated heterocycles. The third-order valence-corrected chi connectivity index (χ3v) is 5.86. The third kappa shape index (κ3) is 6.01. The summed E-state index contributed by atoms with van der Waals surface area (Å²) >= 11 is 0. The van der Waals surface area contributed by atoms with E-state index in [1.807, 2.05) is 6.07 Å². The zero-order chi connectivity index (χ0) is 25.1. The lowest BCUT2D eigenvalue weighted by Crippen LogP contribution is -2.41. The van der Waals surface area contributed by atoms with Gasteiger partial charge in [0.05, 0.1) is 0 Å². The van der Waals surface area contributed by atoms with E-state index in [9.17, 15) is 27.9 Å². The third-order valence-electron chi connectivity index (χ3n) is 5.86. The molecule has 34 heavy (non-hydrogen) atoms. The molecule has 2 atom stereocenters. The maximum absolute atomic E-state index is 13.6. The number of carbonyl (C=O) groups is 2. The maximum Gasteiger partial charge on any atom is 0.429 e. The summed E-state index contributed by atoms with van der Waals surface area (Å²) in [6.07, 6.45) is -6.81. The molecule has 3 rings (SSSR count). The van der Waals surface area contributed by atoms with Gasteiger partial charge in [-0.15, -0.1) is 0 Å². The number of aryl methyl sites for hydroxylation is 1. The summed E-state index contributed by atoms with van der Waals surface area (Å²) in [7, 11) is 0. The van der Waals surface area contributed by atoms with Crippen molar-refractivity contribution in [2.45, 2.75) is 57.4 Å². The van der Waals surface area contributed by atoms with Gasteiger partial charge in [0, 0.05) is 24.6 Å². The second kappa shape index (κ2) is 9.95. The van der Waals surface area contributed by atoms with Crippen LogP contribution in [0.5, 0.6) is 5.75 Å². The number of amides is 1. The number of likely N-dealkylation sites (tertiary alicyclic amines) is 1. The molecular weight excluding hydrogens is 451 g/mol. The lowest BCUT2D eigenvalue weighted by Gasteiger charge is -2.34. The van der Waals surface area contributed by atoms with E-state index >= 15 is 0 Å². The molecule has 1 heterocycles. The molecule has 2 unspecified atom stereocenters. The van der Waals surface area contributed by atoms with Crippen molar-refractivity contribution in [3.05, 3.63) is 65.2 Å². The highest BCUT2D eigenvalue weighted by atomic mass is 19.4. The molecule has 9 heteroatoms. The second-order valence-corrected chi connectivity index (χ2v) is 8.94. The van der Waals surface area contributed by atoms with Crippen LogP contribution in [-0.2, 0) is 9.53 Å². The van der Waals surface area contributed by atoms with Crippen LogP contribution in [0.15, 0.2) is 48.5 Å². The minimum atomic E-state index is -4.74. The van der Waals surface area contributed by atoms with Gasteiger partial charge < -0.3 is 19.5 Å². The van der Waals surface area contributed by atoms with Crippen molar-refractivity contribution in [2.24, 2.45) is 0 Å². The number of alkyl halides is 3. The number of ether oxygens (including phenoxy) is 2. The average molecular weight is 479 g/mol. The van der Waals surface area contributed by atoms with Gasteiger partial charge in [-0.3, -0.25) is 0 Å². The summed E-state index contributed by atoms with van der Waals surface area (Å²) in [5.41, 5.74) is -0.00966. The number of hydrogen-bond acceptors (Lipinski definition) is 4. The predicted octanol–water partition coefficient (Wildman–Crippen LogP) is 5.86. The Labute approximate surface area is 196 Å². The van der Waals surface area contributed by atoms with Crippen molar-refractivity contribution in [3.63, 3.8) is 0 Å². The maximum atomic E-state index is 13.6. The van der Waals surface area contributed by atoms with Crippen molar-refractivity contribution in [3.8, 4) is 5.75 Å². The first kappa shape index (κ1) is 25.4. The van der Waals surface area contributed by atoms with E-state index in [-0.39, 0.29) is 24.6 Å². The smallest absolute Gasteiger partial charge is 0.429 e. The Morgan fingerprint density at radius 3 is 2.41 bits per heavy atom. The average Bonchev–Trinajstić information content (AvgIpc) is 2.78. The number of piperidine rings is 1. The highest BCUT2D eigenvalue weighted by Crippen LogP contribution is 2.37. The van der Waals surface area contributed by atoms with Gasteiger partial charge in [-0.1, -0.05) is 42.5 Å². The predicted molar refractivity (Wildman–Crippen MR) is 119 cm³/mol. The van der Waals surface area contributed by atoms with E-state index in [0.29, 0.717) is 12.2 Å². The van der Waals surface area contributed by atoms with E-state index in [4.69, 9.17) is 9.47 Å². The molecule has 0 radical (unpaired) electrons. The number of halogens is 3. The van der Waals surface area contributed by atoms with Crippen molar-refractivity contribution in [2.75, 3.05) is 13.1 Å². The van der Waals surface area contributed by atoms with E-state index < -0.39 is 29.9 Å². The van der Waals surface area contributed by atoms with E-state index in [0.717, 1.165) is 17.5 Å². The van der Waals surface area contributed by atoms with Gasteiger partial charge in [-0.2, -0.15) is 13.2 Å². The minimum absolute atomic E-state index is 0.140. The number of benzene rings is 2. The molecule has 184 valence electrons. The molecule has 1 aliphatic rings. The molecule has 1 amide bonds. The summed E-state index contributed by atoms with van der Waals surface area (Å²) in [4.78, 5) is 25.4. The highest BCUT2D eigenvalue weighted by Gasteiger charge is 2.45. The van der Waals surface area contributed by atoms with Crippen LogP contribution < -0.4 is 4.74 Å². The summed E-state index contributed by atoms with van der Waals surface area (Å²) in [6, 6.07) is 12.5. The Hall–Kier alpha value is -3.23. The normalized spacial score (nSPS) is 17.7. The zero-order valence-electron chi connectivity index (χ0n) is 19.3. The molecule has 0 spiro atoms. The Balaban J connectivity index is 1.75. The number of nitrogens with zero attached hydrogens (tertiary/aromatic N) is 1. The van der Waals surface area contributed by atoms with Crippen LogP contribution in [0.2, 0.25) is 0 Å². The summed E-state index contributed by atoms with van der Waals surface area (Å²) in [5.74, 6) is -0.856. The van der Waals surface area contributed by atoms with Gasteiger partial charge in [0.2, 0.25) is 6.10 Å². The Bertz CT molecular complexity index is 1020. The fourth-order valence-corrected chi connectivity index (χ4v) is 3.84. The van der Waals surface area contributed by atoms with Gasteiger partial charge >= 0.3 is 18.2 Å². The van der Waals surface area contributed by atoms with Crippen molar-refractivity contribution in [1.82, 2.24) is 4.90 Å². The number of aliphatic carboxylic acids is 1. The standard InChI is InChI=1S/C25H28F3NO5/c1-16-11-12-18(14-20(16)34-24(2,3)22(30)31)19-10-7-13-29(15-19)23(32)33-21(25(26,27)28)17-8-5-4-6-9-17/h4-6,8-9,11-12,14,19,21H,7,10,13,15H2,1-3H3,(H,30,31). The first-order chi connectivity index (χ1) is 15.9. The lowest BCUT2D eigenvalue weighted by atomic mass is 9.90. The van der Waals surface area contributed by atoms with Crippen molar-refractivity contribution < 1.29 is 37.3 Å². The van der Waals surface area contributed by atoms with Crippen LogP contribution in [0.3, 0.4) is 0 Å². The quantitative estimate of drug-likeness (QED) is 0.562. The van der Waals surface area contributed by atoms with E-state index in [1.165, 1.54) is 43.0 Å². The summed E-state index contributed by atoms with van der Waals surface area (Å²) in [6.45, 7) is 5.16. The van der Waals surface area contributed by atoms with Crippen LogP contribution >= 0.6 is 0 Å². The topological polar surface area (TPSA) is 76.1 Å². The van der Waals surface area contributed by atoms with Crippen LogP contribution in [0.25, 0.3) is 0 Å². The largest absolute Gasteiger partial charge is 0.478 e. The first-order valence-electron chi connectivity index (χ1n) is 11.0. The molecule has 2 aromatic carbocycles. The Morgan fingerprint density at radius 2 is 1.79 bits per heavy atom. The van der Waals surface area contributed by atoms with Gasteiger partial charge in [0.25, 0.3) is 0 Å². The van der Waals surface area contributed by atoms with E-state index in [1.54, 1.807) is 25.1 Å². The molecule has 1 fully saturated rings.